The molecule has 2 aliphatic rings. The molecule has 0 saturated heterocycles. The second kappa shape index (κ2) is 6.30. The van der Waals surface area contributed by atoms with Crippen molar-refractivity contribution in [2.24, 2.45) is 23.5 Å². The van der Waals surface area contributed by atoms with Gasteiger partial charge in [0.05, 0.1) is 11.7 Å². The van der Waals surface area contributed by atoms with Crippen LogP contribution in [-0.2, 0) is 4.79 Å². The molecule has 0 spiro atoms. The summed E-state index contributed by atoms with van der Waals surface area (Å²) in [7, 11) is 0. The number of anilines is 1. The monoisotopic (exact) mass is 339 g/mol. The lowest BCUT2D eigenvalue weighted by atomic mass is 9.89. The average molecular weight is 339 g/mol. The van der Waals surface area contributed by atoms with Gasteiger partial charge in [0.25, 0.3) is 0 Å². The second-order valence-corrected chi connectivity index (χ2v) is 7.54. The van der Waals surface area contributed by atoms with E-state index in [0.29, 0.717) is 17.8 Å². The van der Waals surface area contributed by atoms with Crippen molar-refractivity contribution in [2.45, 2.75) is 45.6 Å². The lowest BCUT2D eigenvalue weighted by molar-refractivity contribution is -0.118. The van der Waals surface area contributed by atoms with Crippen LogP contribution in [0.25, 0.3) is 11.1 Å². The van der Waals surface area contributed by atoms with E-state index in [1.807, 2.05) is 38.1 Å². The number of hydrogen-bond acceptors (Lipinski definition) is 4. The van der Waals surface area contributed by atoms with E-state index >= 15 is 0 Å². The van der Waals surface area contributed by atoms with Gasteiger partial charge in [-0.2, -0.15) is 0 Å². The molecular weight excluding hydrogens is 314 g/mol. The van der Waals surface area contributed by atoms with Crippen molar-refractivity contribution in [2.75, 3.05) is 5.32 Å². The number of aromatic nitrogens is 1. The minimum Gasteiger partial charge on any atom is -0.361 e. The molecule has 2 aromatic rings. The number of hydrogen-bond donors (Lipinski definition) is 2. The Labute approximate surface area is 148 Å². The van der Waals surface area contributed by atoms with E-state index in [1.54, 1.807) is 0 Å². The summed E-state index contributed by atoms with van der Waals surface area (Å²) < 4.78 is 5.22. The molecule has 1 unspecified atom stereocenters. The lowest BCUT2D eigenvalue weighted by Gasteiger charge is -2.22. The molecule has 5 heteroatoms. The van der Waals surface area contributed by atoms with E-state index in [0.717, 1.165) is 28.3 Å². The molecule has 1 aromatic carbocycles. The van der Waals surface area contributed by atoms with Gasteiger partial charge in [0.2, 0.25) is 5.91 Å². The maximum atomic E-state index is 12.6. The highest BCUT2D eigenvalue weighted by atomic mass is 16.5. The number of benzene rings is 1. The minimum atomic E-state index is -0.401. The van der Waals surface area contributed by atoms with Gasteiger partial charge in [0, 0.05) is 11.3 Å². The molecule has 1 aromatic heterocycles. The molecule has 0 radical (unpaired) electrons. The standard InChI is InChI=1S/C20H25N3O2/c1-11-17(12(2)25-23-11)13-7-9-16(10-8-13)22-20(24)19(21)18(14-3-4-14)15-5-6-15/h7-10,14-15,18-19H,3-6,21H2,1-2H3,(H,22,24). The summed E-state index contributed by atoms with van der Waals surface area (Å²) >= 11 is 0. The third-order valence-corrected chi connectivity index (χ3v) is 5.52. The Morgan fingerprint density at radius 3 is 2.24 bits per heavy atom. The normalized spacial score (nSPS) is 18.4. The summed E-state index contributed by atoms with van der Waals surface area (Å²) in [5.41, 5.74) is 10.00. The molecule has 1 atom stereocenters. The Morgan fingerprint density at radius 1 is 1.16 bits per heavy atom. The number of carbonyl (C=O) groups is 1. The zero-order valence-electron chi connectivity index (χ0n) is 14.8. The summed E-state index contributed by atoms with van der Waals surface area (Å²) in [6, 6.07) is 7.38. The Kier molecular flexibility index (Phi) is 4.12. The van der Waals surface area contributed by atoms with Gasteiger partial charge in [-0.3, -0.25) is 4.79 Å². The van der Waals surface area contributed by atoms with Crippen LogP contribution in [0.4, 0.5) is 5.69 Å². The SMILES string of the molecule is Cc1noc(C)c1-c1ccc(NC(=O)C(N)C(C2CC2)C2CC2)cc1. The van der Waals surface area contributed by atoms with Crippen molar-refractivity contribution in [1.82, 2.24) is 5.16 Å². The van der Waals surface area contributed by atoms with Crippen LogP contribution in [0.3, 0.4) is 0 Å². The van der Waals surface area contributed by atoms with Crippen molar-refractivity contribution < 1.29 is 9.32 Å². The van der Waals surface area contributed by atoms with Crippen LogP contribution in [0, 0.1) is 31.6 Å². The molecular formula is C20H25N3O2. The van der Waals surface area contributed by atoms with Gasteiger partial charge in [0.1, 0.15) is 5.76 Å². The van der Waals surface area contributed by atoms with Gasteiger partial charge in [-0.1, -0.05) is 17.3 Å². The van der Waals surface area contributed by atoms with Crippen LogP contribution in [0.1, 0.15) is 37.1 Å². The largest absolute Gasteiger partial charge is 0.361 e. The number of rotatable bonds is 6. The van der Waals surface area contributed by atoms with Gasteiger partial charge in [-0.05, 0) is 75.0 Å². The topological polar surface area (TPSA) is 81.2 Å². The number of carbonyl (C=O) groups excluding carboxylic acids is 1. The van der Waals surface area contributed by atoms with Gasteiger partial charge < -0.3 is 15.6 Å². The molecule has 0 bridgehead atoms. The Bertz CT molecular complexity index is 741. The van der Waals surface area contributed by atoms with E-state index in [2.05, 4.69) is 10.5 Å². The second-order valence-electron chi connectivity index (χ2n) is 7.54. The van der Waals surface area contributed by atoms with Crippen LogP contribution >= 0.6 is 0 Å². The summed E-state index contributed by atoms with van der Waals surface area (Å²) in [5.74, 6) is 2.42. The van der Waals surface area contributed by atoms with Crippen molar-refractivity contribution in [3.8, 4) is 11.1 Å². The van der Waals surface area contributed by atoms with Crippen molar-refractivity contribution in [3.05, 3.63) is 35.7 Å². The van der Waals surface area contributed by atoms with Crippen LogP contribution in [0.2, 0.25) is 0 Å². The molecule has 132 valence electrons. The van der Waals surface area contributed by atoms with E-state index in [4.69, 9.17) is 10.3 Å². The molecule has 2 saturated carbocycles. The minimum absolute atomic E-state index is 0.0612. The fraction of sp³-hybridized carbons (Fsp3) is 0.500. The zero-order valence-corrected chi connectivity index (χ0v) is 14.8. The first kappa shape index (κ1) is 16.3. The van der Waals surface area contributed by atoms with Gasteiger partial charge >= 0.3 is 0 Å². The number of aryl methyl sites for hydroxylation is 2. The molecule has 5 nitrogen and oxygen atoms in total. The fourth-order valence-corrected chi connectivity index (χ4v) is 3.95. The maximum Gasteiger partial charge on any atom is 0.241 e. The van der Waals surface area contributed by atoms with Gasteiger partial charge in [-0.25, -0.2) is 0 Å². The van der Waals surface area contributed by atoms with E-state index < -0.39 is 6.04 Å². The highest BCUT2D eigenvalue weighted by Gasteiger charge is 2.46. The van der Waals surface area contributed by atoms with Crippen molar-refractivity contribution >= 4 is 11.6 Å². The van der Waals surface area contributed by atoms with Crippen LogP contribution in [0.5, 0.6) is 0 Å². The summed E-state index contributed by atoms with van der Waals surface area (Å²) in [6.07, 6.45) is 4.92. The van der Waals surface area contributed by atoms with Crippen molar-refractivity contribution in [3.63, 3.8) is 0 Å². The van der Waals surface area contributed by atoms with Crippen LogP contribution < -0.4 is 11.1 Å². The predicted molar refractivity (Wildman–Crippen MR) is 97.0 cm³/mol. The molecule has 3 N–H and O–H groups in total. The van der Waals surface area contributed by atoms with E-state index in [1.165, 1.54) is 25.7 Å². The highest BCUT2D eigenvalue weighted by molar-refractivity contribution is 5.95. The number of nitrogens with zero attached hydrogens (tertiary/aromatic N) is 1. The Hall–Kier alpha value is -2.14. The van der Waals surface area contributed by atoms with Crippen molar-refractivity contribution in [1.29, 1.82) is 0 Å². The zero-order chi connectivity index (χ0) is 17.6. The Morgan fingerprint density at radius 2 is 1.76 bits per heavy atom. The molecule has 0 aliphatic heterocycles. The summed E-state index contributed by atoms with van der Waals surface area (Å²) in [6.45, 7) is 3.83. The van der Waals surface area contributed by atoms with Crippen LogP contribution in [0.15, 0.2) is 28.8 Å². The van der Waals surface area contributed by atoms with Gasteiger partial charge in [0.15, 0.2) is 0 Å². The number of amides is 1. The molecule has 2 fully saturated rings. The lowest BCUT2D eigenvalue weighted by Crippen LogP contribution is -2.43. The summed E-state index contributed by atoms with van der Waals surface area (Å²) in [5, 5.41) is 6.98. The first-order valence-corrected chi connectivity index (χ1v) is 9.14. The molecule has 1 amide bonds. The first-order chi connectivity index (χ1) is 12.0. The summed E-state index contributed by atoms with van der Waals surface area (Å²) in [4.78, 5) is 12.6. The van der Waals surface area contributed by atoms with E-state index in [9.17, 15) is 4.79 Å². The quantitative estimate of drug-likeness (QED) is 0.841. The molecule has 25 heavy (non-hydrogen) atoms. The smallest absolute Gasteiger partial charge is 0.241 e. The highest BCUT2D eigenvalue weighted by Crippen LogP contribution is 2.50. The maximum absolute atomic E-state index is 12.6. The Balaban J connectivity index is 1.44. The third-order valence-electron chi connectivity index (χ3n) is 5.52. The van der Waals surface area contributed by atoms with Crippen LogP contribution in [-0.4, -0.2) is 17.1 Å². The van der Waals surface area contributed by atoms with E-state index in [-0.39, 0.29) is 5.91 Å². The fourth-order valence-electron chi connectivity index (χ4n) is 3.95. The average Bonchev–Trinajstić information content (AvgIpc) is 3.51. The number of nitrogens with one attached hydrogen (secondary N) is 1. The molecule has 2 aliphatic carbocycles. The molecule has 1 heterocycles. The molecule has 4 rings (SSSR count). The van der Waals surface area contributed by atoms with Gasteiger partial charge in [-0.15, -0.1) is 0 Å². The first-order valence-electron chi connectivity index (χ1n) is 9.14. The predicted octanol–water partition coefficient (Wildman–Crippen LogP) is 3.66. The number of nitrogens with two attached hydrogens (primary N) is 1. The third kappa shape index (κ3) is 3.33.